The smallest absolute Gasteiger partial charge is 0.252 e. The van der Waals surface area contributed by atoms with E-state index in [9.17, 15) is 4.79 Å². The van der Waals surface area contributed by atoms with Crippen LogP contribution in [-0.4, -0.2) is 10.9 Å². The van der Waals surface area contributed by atoms with Gasteiger partial charge in [-0.3, -0.25) is 9.78 Å². The predicted octanol–water partition coefficient (Wildman–Crippen LogP) is 4.96. The lowest BCUT2D eigenvalue weighted by Gasteiger charge is -2.10. The van der Waals surface area contributed by atoms with Crippen molar-refractivity contribution in [3.8, 4) is 11.5 Å². The van der Waals surface area contributed by atoms with Crippen LogP contribution in [0.5, 0.6) is 11.5 Å². The Morgan fingerprint density at radius 1 is 0.889 bits per heavy atom. The summed E-state index contributed by atoms with van der Waals surface area (Å²) in [6, 6.07) is 24.8. The summed E-state index contributed by atoms with van der Waals surface area (Å²) < 4.78 is 5.85. The monoisotopic (exact) mass is 354 g/mol. The summed E-state index contributed by atoms with van der Waals surface area (Å²) in [5, 5.41) is 4.83. The van der Waals surface area contributed by atoms with E-state index < -0.39 is 0 Å². The summed E-state index contributed by atoms with van der Waals surface area (Å²) >= 11 is 0. The first kappa shape index (κ1) is 16.8. The molecule has 4 heteroatoms. The number of pyridine rings is 1. The molecule has 4 aromatic rings. The average Bonchev–Trinajstić information content (AvgIpc) is 2.72. The molecule has 0 aliphatic carbocycles. The van der Waals surface area contributed by atoms with Gasteiger partial charge in [0.2, 0.25) is 0 Å². The number of hydrogen-bond acceptors (Lipinski definition) is 3. The molecule has 1 N–H and O–H groups in total. The number of nitrogens with zero attached hydrogens (tertiary/aromatic N) is 1. The van der Waals surface area contributed by atoms with Crippen molar-refractivity contribution in [1.82, 2.24) is 10.3 Å². The number of hydrogen-bond donors (Lipinski definition) is 1. The van der Waals surface area contributed by atoms with Gasteiger partial charge in [-0.05, 0) is 47.3 Å². The number of carbonyl (C=O) groups is 1. The fraction of sp³-hybridized carbons (Fsp3) is 0.0435. The topological polar surface area (TPSA) is 51.2 Å². The van der Waals surface area contributed by atoms with E-state index in [0.29, 0.717) is 12.1 Å². The Labute approximate surface area is 157 Å². The van der Waals surface area contributed by atoms with Crippen molar-refractivity contribution in [2.75, 3.05) is 0 Å². The minimum Gasteiger partial charge on any atom is -0.457 e. The number of benzene rings is 3. The Morgan fingerprint density at radius 3 is 2.59 bits per heavy atom. The molecule has 4 nitrogen and oxygen atoms in total. The second-order valence-corrected chi connectivity index (χ2v) is 6.15. The number of aromatic nitrogens is 1. The van der Waals surface area contributed by atoms with E-state index >= 15 is 0 Å². The minimum atomic E-state index is -0.110. The number of ether oxygens (including phenoxy) is 1. The van der Waals surface area contributed by atoms with E-state index in [-0.39, 0.29) is 5.91 Å². The number of carbonyl (C=O) groups excluding carboxylic acids is 1. The van der Waals surface area contributed by atoms with Crippen molar-refractivity contribution in [1.29, 1.82) is 0 Å². The molecule has 1 heterocycles. The Morgan fingerprint density at radius 2 is 1.70 bits per heavy atom. The van der Waals surface area contributed by atoms with E-state index in [1.54, 1.807) is 12.4 Å². The molecular formula is C23H18N2O2. The third-order valence-electron chi connectivity index (χ3n) is 4.26. The third kappa shape index (κ3) is 3.96. The normalized spacial score (nSPS) is 10.5. The second-order valence-electron chi connectivity index (χ2n) is 6.15. The highest BCUT2D eigenvalue weighted by Gasteiger charge is 2.09. The first-order valence-corrected chi connectivity index (χ1v) is 8.72. The first-order valence-electron chi connectivity index (χ1n) is 8.72. The zero-order chi connectivity index (χ0) is 18.5. The Bertz CT molecular complexity index is 1070. The summed E-state index contributed by atoms with van der Waals surface area (Å²) in [5.41, 5.74) is 1.62. The number of nitrogens with one attached hydrogen (secondary N) is 1. The van der Waals surface area contributed by atoms with Crippen LogP contribution in [0.15, 0.2) is 91.3 Å². The SMILES string of the molecule is O=C(NCc1cccc(Oc2ccccc2)c1)c1cccc2cnccc12. The van der Waals surface area contributed by atoms with Crippen LogP contribution in [0.4, 0.5) is 0 Å². The maximum absolute atomic E-state index is 12.6. The highest BCUT2D eigenvalue weighted by molar-refractivity contribution is 6.06. The van der Waals surface area contributed by atoms with Crippen molar-refractivity contribution >= 4 is 16.7 Å². The Hall–Kier alpha value is -3.66. The molecule has 0 bridgehead atoms. The first-order chi connectivity index (χ1) is 13.3. The van der Waals surface area contributed by atoms with Gasteiger partial charge in [-0.2, -0.15) is 0 Å². The number of amides is 1. The van der Waals surface area contributed by atoms with Crippen LogP contribution < -0.4 is 10.1 Å². The highest BCUT2D eigenvalue weighted by atomic mass is 16.5. The Kier molecular flexibility index (Phi) is 4.79. The molecule has 1 aromatic heterocycles. The molecule has 27 heavy (non-hydrogen) atoms. The van der Waals surface area contributed by atoms with Gasteiger partial charge in [0, 0.05) is 29.9 Å². The van der Waals surface area contributed by atoms with E-state index in [2.05, 4.69) is 10.3 Å². The molecule has 0 saturated heterocycles. The van der Waals surface area contributed by atoms with Crippen LogP contribution in [0.3, 0.4) is 0 Å². The molecule has 3 aromatic carbocycles. The van der Waals surface area contributed by atoms with E-state index in [4.69, 9.17) is 4.74 Å². The van der Waals surface area contributed by atoms with Crippen molar-refractivity contribution < 1.29 is 9.53 Å². The zero-order valence-corrected chi connectivity index (χ0v) is 14.6. The van der Waals surface area contributed by atoms with Gasteiger partial charge in [0.05, 0.1) is 0 Å². The molecule has 0 aliphatic rings. The molecular weight excluding hydrogens is 336 g/mol. The zero-order valence-electron chi connectivity index (χ0n) is 14.6. The number of fused-ring (bicyclic) bond motifs is 1. The van der Waals surface area contributed by atoms with Gasteiger partial charge in [0.25, 0.3) is 5.91 Å². The number of para-hydroxylation sites is 1. The lowest BCUT2D eigenvalue weighted by molar-refractivity contribution is 0.0952. The summed E-state index contributed by atoms with van der Waals surface area (Å²) in [4.78, 5) is 16.8. The fourth-order valence-corrected chi connectivity index (χ4v) is 2.94. The molecule has 0 aliphatic heterocycles. The second kappa shape index (κ2) is 7.70. The molecule has 0 radical (unpaired) electrons. The third-order valence-corrected chi connectivity index (χ3v) is 4.26. The van der Waals surface area contributed by atoms with Crippen LogP contribution in [0.25, 0.3) is 10.8 Å². The predicted molar refractivity (Wildman–Crippen MR) is 106 cm³/mol. The van der Waals surface area contributed by atoms with Gasteiger partial charge in [0.1, 0.15) is 11.5 Å². The molecule has 0 atom stereocenters. The summed E-state index contributed by atoms with van der Waals surface area (Å²) in [7, 11) is 0. The van der Waals surface area contributed by atoms with Gasteiger partial charge < -0.3 is 10.1 Å². The Balaban J connectivity index is 1.47. The van der Waals surface area contributed by atoms with E-state index in [1.807, 2.05) is 78.9 Å². The van der Waals surface area contributed by atoms with Gasteiger partial charge in [0.15, 0.2) is 0 Å². The average molecular weight is 354 g/mol. The highest BCUT2D eigenvalue weighted by Crippen LogP contribution is 2.22. The standard InChI is InChI=1S/C23H18N2O2/c26-23(22-11-5-7-18-16-24-13-12-21(18)22)25-15-17-6-4-10-20(14-17)27-19-8-2-1-3-9-19/h1-14,16H,15H2,(H,25,26). The quantitative estimate of drug-likeness (QED) is 0.551. The van der Waals surface area contributed by atoms with Gasteiger partial charge in [-0.25, -0.2) is 0 Å². The maximum atomic E-state index is 12.6. The van der Waals surface area contributed by atoms with E-state index in [0.717, 1.165) is 27.8 Å². The van der Waals surface area contributed by atoms with E-state index in [1.165, 1.54) is 0 Å². The fourth-order valence-electron chi connectivity index (χ4n) is 2.94. The largest absolute Gasteiger partial charge is 0.457 e. The van der Waals surface area contributed by atoms with Crippen LogP contribution in [-0.2, 0) is 6.54 Å². The van der Waals surface area contributed by atoms with Crippen LogP contribution in [0.2, 0.25) is 0 Å². The van der Waals surface area contributed by atoms with Gasteiger partial charge in [-0.15, -0.1) is 0 Å². The molecule has 0 fully saturated rings. The van der Waals surface area contributed by atoms with Crippen molar-refractivity contribution in [2.24, 2.45) is 0 Å². The van der Waals surface area contributed by atoms with Crippen molar-refractivity contribution in [2.45, 2.75) is 6.54 Å². The van der Waals surface area contributed by atoms with Crippen LogP contribution >= 0.6 is 0 Å². The summed E-state index contributed by atoms with van der Waals surface area (Å²) in [6.45, 7) is 0.423. The molecule has 1 amide bonds. The maximum Gasteiger partial charge on any atom is 0.252 e. The summed E-state index contributed by atoms with van der Waals surface area (Å²) in [6.07, 6.45) is 3.46. The molecule has 0 saturated carbocycles. The molecule has 132 valence electrons. The minimum absolute atomic E-state index is 0.110. The molecule has 4 rings (SSSR count). The number of rotatable bonds is 5. The summed E-state index contributed by atoms with van der Waals surface area (Å²) in [5.74, 6) is 1.41. The van der Waals surface area contributed by atoms with Gasteiger partial charge in [-0.1, -0.05) is 42.5 Å². The van der Waals surface area contributed by atoms with Crippen molar-refractivity contribution in [3.05, 3.63) is 102 Å². The van der Waals surface area contributed by atoms with Crippen LogP contribution in [0, 0.1) is 0 Å². The lowest BCUT2D eigenvalue weighted by atomic mass is 10.1. The van der Waals surface area contributed by atoms with Gasteiger partial charge >= 0.3 is 0 Å². The van der Waals surface area contributed by atoms with Crippen molar-refractivity contribution in [3.63, 3.8) is 0 Å². The molecule has 0 unspecified atom stereocenters. The molecule has 0 spiro atoms. The lowest BCUT2D eigenvalue weighted by Crippen LogP contribution is -2.23. The van der Waals surface area contributed by atoms with Crippen LogP contribution in [0.1, 0.15) is 15.9 Å².